The Morgan fingerprint density at radius 3 is 3.14 bits per heavy atom. The Hall–Kier alpha value is -2.51. The fourth-order valence-corrected chi connectivity index (χ4v) is 2.05. The fourth-order valence-electron chi connectivity index (χ4n) is 2.05. The summed E-state index contributed by atoms with van der Waals surface area (Å²) < 4.78 is 11.0. The number of amides is 1. The van der Waals surface area contributed by atoms with Crippen LogP contribution in [0.3, 0.4) is 0 Å². The number of ether oxygens (including phenoxy) is 2. The number of hydrogen-bond donors (Lipinski definition) is 2. The molecule has 1 aliphatic heterocycles. The molecule has 2 N–H and O–H groups in total. The fraction of sp³-hybridized carbons (Fsp3) is 0.267. The van der Waals surface area contributed by atoms with Gasteiger partial charge in [0.2, 0.25) is 5.88 Å². The number of nitrogens with one attached hydrogen (secondary N) is 2. The van der Waals surface area contributed by atoms with Crippen molar-refractivity contribution in [1.82, 2.24) is 15.3 Å². The molecule has 2 aromatic rings. The lowest BCUT2D eigenvalue weighted by molar-refractivity contribution is -0.128. The number of anilines is 1. The minimum absolute atomic E-state index is 0.177. The molecule has 1 aromatic carbocycles. The molecule has 1 unspecified atom stereocenters. The monoisotopic (exact) mass is 300 g/mol. The number of aromatic nitrogens is 2. The van der Waals surface area contributed by atoms with Crippen LogP contribution in [0.1, 0.15) is 0 Å². The van der Waals surface area contributed by atoms with Gasteiger partial charge in [0.25, 0.3) is 5.91 Å². The van der Waals surface area contributed by atoms with E-state index in [1.165, 1.54) is 6.20 Å². The molecule has 7 nitrogen and oxygen atoms in total. The van der Waals surface area contributed by atoms with Crippen molar-refractivity contribution in [2.45, 2.75) is 6.10 Å². The van der Waals surface area contributed by atoms with Crippen LogP contribution in [-0.2, 0) is 9.53 Å². The smallest absolute Gasteiger partial charge is 0.254 e. The zero-order valence-electron chi connectivity index (χ0n) is 11.9. The number of carbonyl (C=O) groups is 1. The van der Waals surface area contributed by atoms with Gasteiger partial charge < -0.3 is 20.1 Å². The third kappa shape index (κ3) is 3.78. The molecule has 1 aromatic heterocycles. The highest BCUT2D eigenvalue weighted by atomic mass is 16.5. The molecule has 3 rings (SSSR count). The second kappa shape index (κ2) is 6.97. The van der Waals surface area contributed by atoms with Gasteiger partial charge in [-0.15, -0.1) is 0 Å². The molecular formula is C15H16N4O3. The average molecular weight is 300 g/mol. The summed E-state index contributed by atoms with van der Waals surface area (Å²) in [5.74, 6) is 0.788. The maximum Gasteiger partial charge on any atom is 0.254 e. The molecule has 7 heteroatoms. The minimum Gasteiger partial charge on any atom is -0.437 e. The molecule has 22 heavy (non-hydrogen) atoms. The Bertz CT molecular complexity index is 630. The summed E-state index contributed by atoms with van der Waals surface area (Å²) in [6, 6.07) is 7.09. The molecule has 2 heterocycles. The van der Waals surface area contributed by atoms with Crippen LogP contribution >= 0.6 is 0 Å². The topological polar surface area (TPSA) is 85.4 Å². The summed E-state index contributed by atoms with van der Waals surface area (Å²) in [4.78, 5) is 20.1. The van der Waals surface area contributed by atoms with Gasteiger partial charge in [0.05, 0.1) is 12.8 Å². The molecule has 0 spiro atoms. The molecular weight excluding hydrogens is 284 g/mol. The summed E-state index contributed by atoms with van der Waals surface area (Å²) in [6.07, 6.45) is 4.17. The zero-order valence-corrected chi connectivity index (χ0v) is 11.9. The van der Waals surface area contributed by atoms with E-state index in [4.69, 9.17) is 9.47 Å². The number of carbonyl (C=O) groups excluding carboxylic acids is 1. The number of nitrogens with zero attached hydrogens (tertiary/aromatic N) is 2. The summed E-state index contributed by atoms with van der Waals surface area (Å²) >= 11 is 0. The first-order valence-electron chi connectivity index (χ1n) is 6.98. The van der Waals surface area contributed by atoms with Gasteiger partial charge in [-0.2, -0.15) is 0 Å². The van der Waals surface area contributed by atoms with Crippen LogP contribution in [0.4, 0.5) is 5.69 Å². The SMILES string of the molecule is O=C(Nc1cccc(Oc2cnccn2)c1)C1CNCCO1. The van der Waals surface area contributed by atoms with Crippen LogP contribution in [0.25, 0.3) is 0 Å². The first kappa shape index (κ1) is 14.4. The van der Waals surface area contributed by atoms with Gasteiger partial charge >= 0.3 is 0 Å². The maximum atomic E-state index is 12.1. The van der Waals surface area contributed by atoms with Crippen molar-refractivity contribution < 1.29 is 14.3 Å². The molecule has 0 radical (unpaired) electrons. The summed E-state index contributed by atoms with van der Waals surface area (Å²) in [5.41, 5.74) is 0.639. The average Bonchev–Trinajstić information content (AvgIpc) is 2.57. The standard InChI is InChI=1S/C15H16N4O3/c20-15(13-9-17-6-7-21-13)19-11-2-1-3-12(8-11)22-14-10-16-4-5-18-14/h1-5,8,10,13,17H,6-7,9H2,(H,19,20). The Balaban J connectivity index is 1.64. The van der Waals surface area contributed by atoms with Gasteiger partial charge in [-0.05, 0) is 12.1 Å². The van der Waals surface area contributed by atoms with Crippen molar-refractivity contribution in [1.29, 1.82) is 0 Å². The van der Waals surface area contributed by atoms with Crippen molar-refractivity contribution in [2.24, 2.45) is 0 Å². The van der Waals surface area contributed by atoms with E-state index in [1.807, 2.05) is 0 Å². The first-order valence-corrected chi connectivity index (χ1v) is 6.98. The quantitative estimate of drug-likeness (QED) is 0.882. The predicted octanol–water partition coefficient (Wildman–Crippen LogP) is 1.20. The maximum absolute atomic E-state index is 12.1. The van der Waals surface area contributed by atoms with Crippen LogP contribution in [0, 0.1) is 0 Å². The molecule has 1 saturated heterocycles. The lowest BCUT2D eigenvalue weighted by Crippen LogP contribution is -2.45. The summed E-state index contributed by atoms with van der Waals surface area (Å²) in [7, 11) is 0. The number of hydrogen-bond acceptors (Lipinski definition) is 6. The predicted molar refractivity (Wildman–Crippen MR) is 79.8 cm³/mol. The van der Waals surface area contributed by atoms with Gasteiger partial charge in [0, 0.05) is 37.2 Å². The molecule has 114 valence electrons. The highest BCUT2D eigenvalue weighted by Crippen LogP contribution is 2.22. The van der Waals surface area contributed by atoms with Crippen LogP contribution < -0.4 is 15.4 Å². The molecule has 0 bridgehead atoms. The van der Waals surface area contributed by atoms with Crippen molar-refractivity contribution in [3.05, 3.63) is 42.9 Å². The highest BCUT2D eigenvalue weighted by Gasteiger charge is 2.21. The number of rotatable bonds is 4. The van der Waals surface area contributed by atoms with E-state index in [1.54, 1.807) is 36.7 Å². The Morgan fingerprint density at radius 2 is 2.36 bits per heavy atom. The van der Waals surface area contributed by atoms with E-state index in [0.29, 0.717) is 30.5 Å². The first-order chi connectivity index (χ1) is 10.8. The van der Waals surface area contributed by atoms with Crippen molar-refractivity contribution >= 4 is 11.6 Å². The molecule has 0 aliphatic carbocycles. The molecule has 1 fully saturated rings. The van der Waals surface area contributed by atoms with Gasteiger partial charge in [0.1, 0.15) is 11.9 Å². The number of morpholine rings is 1. The van der Waals surface area contributed by atoms with E-state index >= 15 is 0 Å². The Morgan fingerprint density at radius 1 is 1.41 bits per heavy atom. The third-order valence-corrected chi connectivity index (χ3v) is 3.08. The van der Waals surface area contributed by atoms with Crippen molar-refractivity contribution in [2.75, 3.05) is 25.0 Å². The van der Waals surface area contributed by atoms with Gasteiger partial charge in [-0.1, -0.05) is 6.07 Å². The third-order valence-electron chi connectivity index (χ3n) is 3.08. The Labute approximate surface area is 127 Å². The lowest BCUT2D eigenvalue weighted by atomic mass is 10.2. The molecule has 0 saturated carbocycles. The summed E-state index contributed by atoms with van der Waals surface area (Å²) in [5, 5.41) is 5.94. The van der Waals surface area contributed by atoms with Crippen LogP contribution in [0.2, 0.25) is 0 Å². The van der Waals surface area contributed by atoms with Crippen LogP contribution in [0.5, 0.6) is 11.6 Å². The Kier molecular flexibility index (Phi) is 4.57. The van der Waals surface area contributed by atoms with Gasteiger partial charge in [-0.25, -0.2) is 4.98 Å². The largest absolute Gasteiger partial charge is 0.437 e. The van der Waals surface area contributed by atoms with E-state index < -0.39 is 6.10 Å². The van der Waals surface area contributed by atoms with E-state index in [9.17, 15) is 4.79 Å². The lowest BCUT2D eigenvalue weighted by Gasteiger charge is -2.22. The molecule has 1 aliphatic rings. The minimum atomic E-state index is -0.474. The van der Waals surface area contributed by atoms with Crippen LogP contribution in [-0.4, -0.2) is 41.7 Å². The van der Waals surface area contributed by atoms with Gasteiger partial charge in [-0.3, -0.25) is 9.78 Å². The van der Waals surface area contributed by atoms with E-state index in [-0.39, 0.29) is 5.91 Å². The normalized spacial score (nSPS) is 17.7. The highest BCUT2D eigenvalue weighted by molar-refractivity contribution is 5.94. The summed E-state index contributed by atoms with van der Waals surface area (Å²) in [6.45, 7) is 1.82. The zero-order chi connectivity index (χ0) is 15.2. The van der Waals surface area contributed by atoms with E-state index in [2.05, 4.69) is 20.6 Å². The van der Waals surface area contributed by atoms with Crippen molar-refractivity contribution in [3.8, 4) is 11.6 Å². The van der Waals surface area contributed by atoms with Crippen molar-refractivity contribution in [3.63, 3.8) is 0 Å². The second-order valence-electron chi connectivity index (χ2n) is 4.73. The van der Waals surface area contributed by atoms with Crippen LogP contribution in [0.15, 0.2) is 42.9 Å². The van der Waals surface area contributed by atoms with E-state index in [0.717, 1.165) is 6.54 Å². The second-order valence-corrected chi connectivity index (χ2v) is 4.73. The van der Waals surface area contributed by atoms with Gasteiger partial charge in [0.15, 0.2) is 0 Å². The number of benzene rings is 1. The molecule has 1 atom stereocenters. The molecule has 1 amide bonds.